The van der Waals surface area contributed by atoms with Crippen molar-refractivity contribution in [2.45, 2.75) is 27.7 Å². The van der Waals surface area contributed by atoms with E-state index in [-0.39, 0.29) is 0 Å². The normalized spacial score (nSPS) is 10.7. The fraction of sp³-hybridized carbons (Fsp3) is 0.375. The monoisotopic (exact) mass is 270 g/mol. The van der Waals surface area contributed by atoms with Crippen molar-refractivity contribution in [2.24, 2.45) is 5.92 Å². The van der Waals surface area contributed by atoms with Crippen LogP contribution in [-0.2, 0) is 0 Å². The van der Waals surface area contributed by atoms with Gasteiger partial charge in [0.25, 0.3) is 0 Å². The molecule has 106 valence electrons. The summed E-state index contributed by atoms with van der Waals surface area (Å²) in [4.78, 5) is 8.72. The number of aromatic nitrogens is 2. The Labute approximate surface area is 120 Å². The van der Waals surface area contributed by atoms with Crippen molar-refractivity contribution in [3.63, 3.8) is 0 Å². The zero-order valence-electron chi connectivity index (χ0n) is 12.6. The second-order valence-electron chi connectivity index (χ2n) is 5.54. The van der Waals surface area contributed by atoms with Crippen molar-refractivity contribution < 1.29 is 0 Å². The fourth-order valence-electron chi connectivity index (χ4n) is 2.00. The van der Waals surface area contributed by atoms with E-state index < -0.39 is 0 Å². The molecule has 0 amide bonds. The van der Waals surface area contributed by atoms with E-state index in [2.05, 4.69) is 66.5 Å². The maximum atomic E-state index is 4.47. The predicted molar refractivity (Wildman–Crippen MR) is 84.6 cm³/mol. The van der Waals surface area contributed by atoms with Crippen LogP contribution in [-0.4, -0.2) is 16.5 Å². The molecule has 2 N–H and O–H groups in total. The largest absolute Gasteiger partial charge is 0.370 e. The van der Waals surface area contributed by atoms with E-state index in [1.165, 1.54) is 11.1 Å². The van der Waals surface area contributed by atoms with Crippen molar-refractivity contribution in [3.05, 3.63) is 41.6 Å². The smallest absolute Gasteiger partial charge is 0.229 e. The first-order chi connectivity index (χ1) is 9.52. The number of aryl methyl sites for hydroxylation is 2. The summed E-state index contributed by atoms with van der Waals surface area (Å²) in [5.74, 6) is 2.05. The summed E-state index contributed by atoms with van der Waals surface area (Å²) >= 11 is 0. The maximum absolute atomic E-state index is 4.47. The Morgan fingerprint density at radius 2 is 1.80 bits per heavy atom. The van der Waals surface area contributed by atoms with Gasteiger partial charge in [0.1, 0.15) is 5.82 Å². The van der Waals surface area contributed by atoms with E-state index in [0.717, 1.165) is 18.1 Å². The van der Waals surface area contributed by atoms with E-state index in [1.807, 2.05) is 6.07 Å². The van der Waals surface area contributed by atoms with Crippen LogP contribution in [0.25, 0.3) is 0 Å². The lowest BCUT2D eigenvalue weighted by molar-refractivity contribution is 0.687. The third-order valence-corrected chi connectivity index (χ3v) is 2.82. The first kappa shape index (κ1) is 14.3. The van der Waals surface area contributed by atoms with Gasteiger partial charge >= 0.3 is 0 Å². The van der Waals surface area contributed by atoms with Gasteiger partial charge < -0.3 is 10.6 Å². The second-order valence-corrected chi connectivity index (χ2v) is 5.54. The van der Waals surface area contributed by atoms with Crippen LogP contribution < -0.4 is 10.6 Å². The minimum Gasteiger partial charge on any atom is -0.370 e. The highest BCUT2D eigenvalue weighted by Crippen LogP contribution is 2.17. The Morgan fingerprint density at radius 3 is 2.45 bits per heavy atom. The zero-order chi connectivity index (χ0) is 14.5. The molecule has 1 aromatic heterocycles. The molecule has 1 aromatic carbocycles. The zero-order valence-corrected chi connectivity index (χ0v) is 12.6. The molecule has 0 aliphatic rings. The first-order valence-electron chi connectivity index (χ1n) is 6.95. The molecule has 4 nitrogen and oxygen atoms in total. The minimum atomic E-state index is 0.584. The van der Waals surface area contributed by atoms with Gasteiger partial charge in [-0.15, -0.1) is 0 Å². The molecular formula is C16H22N4. The molecule has 20 heavy (non-hydrogen) atoms. The molecule has 0 aliphatic carbocycles. The lowest BCUT2D eigenvalue weighted by Gasteiger charge is -2.10. The number of hydrogen-bond acceptors (Lipinski definition) is 4. The summed E-state index contributed by atoms with van der Waals surface area (Å²) in [5, 5.41) is 6.55. The molecule has 2 rings (SSSR count). The van der Waals surface area contributed by atoms with E-state index in [1.54, 1.807) is 6.20 Å². The lowest BCUT2D eigenvalue weighted by atomic mass is 10.1. The molecule has 0 atom stereocenters. The molecule has 0 fully saturated rings. The molecule has 0 spiro atoms. The fourth-order valence-corrected chi connectivity index (χ4v) is 2.00. The highest BCUT2D eigenvalue weighted by molar-refractivity contribution is 5.57. The van der Waals surface area contributed by atoms with Crippen LogP contribution in [0.3, 0.4) is 0 Å². The van der Waals surface area contributed by atoms with Crippen molar-refractivity contribution in [1.29, 1.82) is 0 Å². The number of benzene rings is 1. The van der Waals surface area contributed by atoms with Gasteiger partial charge in [0.05, 0.1) is 0 Å². The van der Waals surface area contributed by atoms with Gasteiger partial charge in [0.15, 0.2) is 0 Å². The number of nitrogens with zero attached hydrogens (tertiary/aromatic N) is 2. The van der Waals surface area contributed by atoms with Crippen LogP contribution in [0.2, 0.25) is 0 Å². The quantitative estimate of drug-likeness (QED) is 0.865. The van der Waals surface area contributed by atoms with Crippen LogP contribution in [0.1, 0.15) is 25.0 Å². The number of rotatable bonds is 5. The highest BCUT2D eigenvalue weighted by atomic mass is 15.1. The molecule has 2 aromatic rings. The SMILES string of the molecule is Cc1cc(C)cc(Nc2nccc(NCC(C)C)n2)c1. The van der Waals surface area contributed by atoms with Crippen LogP contribution >= 0.6 is 0 Å². The van der Waals surface area contributed by atoms with Crippen molar-refractivity contribution >= 4 is 17.5 Å². The van der Waals surface area contributed by atoms with Gasteiger partial charge in [-0.1, -0.05) is 19.9 Å². The summed E-state index contributed by atoms with van der Waals surface area (Å²) in [6.45, 7) is 9.41. The van der Waals surface area contributed by atoms with Crippen LogP contribution in [0.5, 0.6) is 0 Å². The Bertz CT molecular complexity index is 558. The molecular weight excluding hydrogens is 248 g/mol. The van der Waals surface area contributed by atoms with Gasteiger partial charge in [-0.3, -0.25) is 0 Å². The average molecular weight is 270 g/mol. The highest BCUT2D eigenvalue weighted by Gasteiger charge is 2.02. The Balaban J connectivity index is 2.11. The van der Waals surface area contributed by atoms with Crippen molar-refractivity contribution in [2.75, 3.05) is 17.2 Å². The number of hydrogen-bond donors (Lipinski definition) is 2. The average Bonchev–Trinajstić information content (AvgIpc) is 2.35. The summed E-state index contributed by atoms with van der Waals surface area (Å²) in [6, 6.07) is 8.21. The summed E-state index contributed by atoms with van der Waals surface area (Å²) in [7, 11) is 0. The van der Waals surface area contributed by atoms with Gasteiger partial charge in [0.2, 0.25) is 5.95 Å². The van der Waals surface area contributed by atoms with Crippen LogP contribution in [0, 0.1) is 19.8 Å². The Hall–Kier alpha value is -2.10. The molecule has 0 saturated carbocycles. The van der Waals surface area contributed by atoms with E-state index >= 15 is 0 Å². The van der Waals surface area contributed by atoms with E-state index in [9.17, 15) is 0 Å². The van der Waals surface area contributed by atoms with E-state index in [4.69, 9.17) is 0 Å². The third kappa shape index (κ3) is 4.23. The summed E-state index contributed by atoms with van der Waals surface area (Å²) in [6.07, 6.45) is 1.76. The van der Waals surface area contributed by atoms with E-state index in [0.29, 0.717) is 11.9 Å². The van der Waals surface area contributed by atoms with Gasteiger partial charge in [0, 0.05) is 18.4 Å². The second kappa shape index (κ2) is 6.37. The van der Waals surface area contributed by atoms with Crippen LogP contribution in [0.4, 0.5) is 17.5 Å². The molecule has 4 heteroatoms. The molecule has 1 heterocycles. The molecule has 0 saturated heterocycles. The molecule has 0 radical (unpaired) electrons. The number of anilines is 3. The maximum Gasteiger partial charge on any atom is 0.229 e. The van der Waals surface area contributed by atoms with Crippen molar-refractivity contribution in [1.82, 2.24) is 9.97 Å². The Kier molecular flexibility index (Phi) is 4.56. The summed E-state index contributed by atoms with van der Waals surface area (Å²) in [5.41, 5.74) is 3.46. The van der Waals surface area contributed by atoms with Crippen LogP contribution in [0.15, 0.2) is 30.5 Å². The first-order valence-corrected chi connectivity index (χ1v) is 6.95. The molecule has 0 aliphatic heterocycles. The molecule has 0 unspecified atom stereocenters. The standard InChI is InChI=1S/C16H22N4/c1-11(2)10-18-15-5-6-17-16(20-15)19-14-8-12(3)7-13(4)9-14/h5-9,11H,10H2,1-4H3,(H2,17,18,19,20). The lowest BCUT2D eigenvalue weighted by Crippen LogP contribution is -2.10. The minimum absolute atomic E-state index is 0.584. The van der Waals surface area contributed by atoms with Gasteiger partial charge in [-0.05, 0) is 49.1 Å². The Morgan fingerprint density at radius 1 is 1.10 bits per heavy atom. The number of nitrogens with one attached hydrogen (secondary N) is 2. The molecule has 0 bridgehead atoms. The predicted octanol–water partition coefficient (Wildman–Crippen LogP) is 3.90. The third-order valence-electron chi connectivity index (χ3n) is 2.82. The van der Waals surface area contributed by atoms with Crippen molar-refractivity contribution in [3.8, 4) is 0 Å². The van der Waals surface area contributed by atoms with Gasteiger partial charge in [-0.2, -0.15) is 4.98 Å². The topological polar surface area (TPSA) is 49.8 Å². The summed E-state index contributed by atoms with van der Waals surface area (Å²) < 4.78 is 0. The van der Waals surface area contributed by atoms with Gasteiger partial charge in [-0.25, -0.2) is 4.98 Å².